The molecule has 0 bridgehead atoms. The Bertz CT molecular complexity index is 1280. The van der Waals surface area contributed by atoms with Gasteiger partial charge in [0.15, 0.2) is 0 Å². The summed E-state index contributed by atoms with van der Waals surface area (Å²) in [5, 5.41) is 14.8. The van der Waals surface area contributed by atoms with Gasteiger partial charge in [0.1, 0.15) is 6.61 Å². The smallest absolute Gasteiger partial charge is 0.407 e. The number of carbonyl (C=O) groups excluding carboxylic acids is 2. The molecule has 0 saturated heterocycles. The van der Waals surface area contributed by atoms with Gasteiger partial charge in [-0.2, -0.15) is 0 Å². The summed E-state index contributed by atoms with van der Waals surface area (Å²) >= 11 is 5.94. The number of rotatable bonds is 7. The van der Waals surface area contributed by atoms with Gasteiger partial charge in [-0.1, -0.05) is 60.1 Å². The highest BCUT2D eigenvalue weighted by atomic mass is 35.5. The molecule has 2 atom stereocenters. The van der Waals surface area contributed by atoms with Gasteiger partial charge in [-0.25, -0.2) is 9.59 Å². The summed E-state index contributed by atoms with van der Waals surface area (Å²) in [5.74, 6) is -1.65. The van der Waals surface area contributed by atoms with Crippen molar-refractivity contribution in [3.63, 3.8) is 0 Å². The van der Waals surface area contributed by atoms with Crippen molar-refractivity contribution in [3.8, 4) is 11.1 Å². The lowest BCUT2D eigenvalue weighted by atomic mass is 9.98. The van der Waals surface area contributed by atoms with Crippen LogP contribution in [-0.2, 0) is 9.53 Å². The number of carboxylic acids is 1. The van der Waals surface area contributed by atoms with Crippen LogP contribution < -0.4 is 10.6 Å². The van der Waals surface area contributed by atoms with Gasteiger partial charge >= 0.3 is 12.1 Å². The van der Waals surface area contributed by atoms with E-state index in [9.17, 15) is 14.4 Å². The molecule has 0 radical (unpaired) electrons. The highest BCUT2D eigenvalue weighted by molar-refractivity contribution is 6.31. The zero-order valence-corrected chi connectivity index (χ0v) is 19.4. The van der Waals surface area contributed by atoms with Crippen LogP contribution >= 0.6 is 11.6 Å². The number of nitrogens with one attached hydrogen (secondary N) is 2. The number of amides is 2. The van der Waals surface area contributed by atoms with Crippen molar-refractivity contribution in [2.45, 2.75) is 12.3 Å². The number of carbonyl (C=O) groups is 3. The van der Waals surface area contributed by atoms with Crippen LogP contribution in [0.1, 0.15) is 33.8 Å². The van der Waals surface area contributed by atoms with E-state index in [-0.39, 0.29) is 40.9 Å². The summed E-state index contributed by atoms with van der Waals surface area (Å²) in [6.45, 7) is 0.555. The maximum absolute atomic E-state index is 12.5. The van der Waals surface area contributed by atoms with Crippen molar-refractivity contribution in [3.05, 3.63) is 88.4 Å². The number of halogens is 1. The minimum atomic E-state index is -1.13. The minimum Gasteiger partial charge on any atom is -0.478 e. The van der Waals surface area contributed by atoms with Gasteiger partial charge in [0.2, 0.25) is 5.91 Å². The first kappa shape index (κ1) is 22.9. The Morgan fingerprint density at radius 3 is 2.29 bits per heavy atom. The van der Waals surface area contributed by atoms with Crippen molar-refractivity contribution >= 4 is 35.3 Å². The molecule has 35 heavy (non-hydrogen) atoms. The Kier molecular flexibility index (Phi) is 6.17. The van der Waals surface area contributed by atoms with E-state index in [1.54, 1.807) is 0 Å². The lowest BCUT2D eigenvalue weighted by Crippen LogP contribution is -2.29. The fourth-order valence-corrected chi connectivity index (χ4v) is 4.91. The second kappa shape index (κ2) is 9.43. The molecule has 0 spiro atoms. The molecule has 2 aliphatic carbocycles. The molecule has 5 rings (SSSR count). The van der Waals surface area contributed by atoms with E-state index < -0.39 is 12.1 Å². The summed E-state index contributed by atoms with van der Waals surface area (Å²) in [4.78, 5) is 36.0. The third kappa shape index (κ3) is 4.86. The van der Waals surface area contributed by atoms with Gasteiger partial charge in [-0.05, 0) is 52.8 Å². The van der Waals surface area contributed by atoms with Crippen molar-refractivity contribution in [2.24, 2.45) is 11.8 Å². The number of alkyl carbamates (subject to hydrolysis) is 1. The maximum atomic E-state index is 12.5. The van der Waals surface area contributed by atoms with Gasteiger partial charge < -0.3 is 20.5 Å². The van der Waals surface area contributed by atoms with Crippen LogP contribution in [0, 0.1) is 11.8 Å². The molecule has 2 unspecified atom stereocenters. The fraction of sp³-hybridized carbons (Fsp3) is 0.222. The van der Waals surface area contributed by atoms with Crippen LogP contribution in [0.25, 0.3) is 11.1 Å². The predicted octanol–water partition coefficient (Wildman–Crippen LogP) is 5.15. The second-order valence-corrected chi connectivity index (χ2v) is 9.27. The lowest BCUT2D eigenvalue weighted by Gasteiger charge is -2.14. The summed E-state index contributed by atoms with van der Waals surface area (Å²) in [7, 11) is 0. The molecular formula is C27H23ClN2O5. The molecule has 2 amide bonds. The molecule has 7 nitrogen and oxygen atoms in total. The van der Waals surface area contributed by atoms with Crippen LogP contribution in [0.5, 0.6) is 0 Å². The third-order valence-corrected chi connectivity index (χ3v) is 6.74. The van der Waals surface area contributed by atoms with E-state index in [2.05, 4.69) is 34.9 Å². The molecule has 8 heteroatoms. The van der Waals surface area contributed by atoms with Crippen LogP contribution in [0.2, 0.25) is 5.02 Å². The number of aromatic carboxylic acids is 1. The van der Waals surface area contributed by atoms with E-state index in [1.807, 2.05) is 24.3 Å². The van der Waals surface area contributed by atoms with Crippen LogP contribution in [0.4, 0.5) is 10.5 Å². The summed E-state index contributed by atoms with van der Waals surface area (Å²) < 4.78 is 5.54. The van der Waals surface area contributed by atoms with Crippen LogP contribution in [-0.4, -0.2) is 36.2 Å². The Morgan fingerprint density at radius 1 is 0.971 bits per heavy atom. The largest absolute Gasteiger partial charge is 0.478 e. The number of fused-ring (bicyclic) bond motifs is 3. The van der Waals surface area contributed by atoms with Gasteiger partial charge in [0.05, 0.1) is 5.56 Å². The van der Waals surface area contributed by atoms with Crippen molar-refractivity contribution in [2.75, 3.05) is 18.5 Å². The molecule has 3 N–H and O–H groups in total. The summed E-state index contributed by atoms with van der Waals surface area (Å²) in [5.41, 5.74) is 4.95. The molecule has 0 aliphatic heterocycles. The monoisotopic (exact) mass is 490 g/mol. The Balaban J connectivity index is 1.11. The Labute approximate surface area is 207 Å². The molecule has 0 aromatic heterocycles. The highest BCUT2D eigenvalue weighted by Crippen LogP contribution is 2.44. The van der Waals surface area contributed by atoms with E-state index in [4.69, 9.17) is 21.4 Å². The molecule has 178 valence electrons. The van der Waals surface area contributed by atoms with Gasteiger partial charge in [-0.3, -0.25) is 4.79 Å². The van der Waals surface area contributed by atoms with Crippen molar-refractivity contribution in [1.82, 2.24) is 5.32 Å². The number of benzene rings is 3. The summed E-state index contributed by atoms with van der Waals surface area (Å²) in [6.07, 6.45) is 0.112. The van der Waals surface area contributed by atoms with Crippen LogP contribution in [0.15, 0.2) is 66.7 Å². The minimum absolute atomic E-state index is 0.00271. The number of hydrogen-bond acceptors (Lipinski definition) is 4. The van der Waals surface area contributed by atoms with E-state index in [0.29, 0.717) is 18.7 Å². The number of carboxylic acid groups (broad SMARTS) is 1. The number of hydrogen-bond donors (Lipinski definition) is 3. The standard InChI is InChI=1S/C27H23ClN2O5/c28-17-9-15(26(32)33)10-18(12-17)30-25(31)23-11-16(23)13-29-27(34)35-14-24-21-7-3-1-5-19(21)20-6-2-4-8-22(20)24/h1-10,12,16,23-24H,11,13-14H2,(H,29,34)(H,30,31)(H,32,33). The Hall–Kier alpha value is -3.84. The van der Waals surface area contributed by atoms with Crippen LogP contribution in [0.3, 0.4) is 0 Å². The normalized spacial score (nSPS) is 17.7. The summed E-state index contributed by atoms with van der Waals surface area (Å²) in [6, 6.07) is 20.5. The average Bonchev–Trinajstić information content (AvgIpc) is 3.56. The predicted molar refractivity (Wildman–Crippen MR) is 132 cm³/mol. The first-order valence-corrected chi connectivity index (χ1v) is 11.7. The zero-order chi connectivity index (χ0) is 24.5. The SMILES string of the molecule is O=C(NCC1CC1C(=O)Nc1cc(Cl)cc(C(=O)O)c1)OCC1c2ccccc2-c2ccccc21. The van der Waals surface area contributed by atoms with Gasteiger partial charge in [-0.15, -0.1) is 0 Å². The molecule has 1 saturated carbocycles. The molecule has 1 fully saturated rings. The first-order chi connectivity index (χ1) is 16.9. The second-order valence-electron chi connectivity index (χ2n) is 8.83. The lowest BCUT2D eigenvalue weighted by molar-refractivity contribution is -0.117. The Morgan fingerprint density at radius 2 is 1.63 bits per heavy atom. The number of anilines is 1. The topological polar surface area (TPSA) is 105 Å². The molecule has 2 aliphatic rings. The molecule has 3 aromatic rings. The first-order valence-electron chi connectivity index (χ1n) is 11.3. The van der Waals surface area contributed by atoms with E-state index >= 15 is 0 Å². The fourth-order valence-electron chi connectivity index (χ4n) is 4.68. The molecular weight excluding hydrogens is 468 g/mol. The van der Waals surface area contributed by atoms with Gasteiger partial charge in [0, 0.05) is 29.1 Å². The highest BCUT2D eigenvalue weighted by Gasteiger charge is 2.43. The zero-order valence-electron chi connectivity index (χ0n) is 18.7. The average molecular weight is 491 g/mol. The van der Waals surface area contributed by atoms with Crippen molar-refractivity contribution < 1.29 is 24.2 Å². The van der Waals surface area contributed by atoms with Gasteiger partial charge in [0.25, 0.3) is 0 Å². The van der Waals surface area contributed by atoms with E-state index in [1.165, 1.54) is 29.3 Å². The third-order valence-electron chi connectivity index (χ3n) is 6.52. The quantitative estimate of drug-likeness (QED) is 0.424. The van der Waals surface area contributed by atoms with Crippen molar-refractivity contribution in [1.29, 1.82) is 0 Å². The maximum Gasteiger partial charge on any atom is 0.407 e. The van der Waals surface area contributed by atoms with E-state index in [0.717, 1.165) is 11.1 Å². The number of ether oxygens (including phenoxy) is 1. The molecule has 3 aromatic carbocycles. The molecule has 0 heterocycles.